The molecule has 4 nitrogen and oxygen atoms in total. The molecule has 1 aliphatic rings. The lowest BCUT2D eigenvalue weighted by Gasteiger charge is -2.28. The van der Waals surface area contributed by atoms with Crippen LogP contribution in [0.25, 0.3) is 0 Å². The fourth-order valence-electron chi connectivity index (χ4n) is 2.74. The molecule has 1 amide bonds. The van der Waals surface area contributed by atoms with Crippen LogP contribution in [0.5, 0.6) is 0 Å². The number of pyridine rings is 1. The van der Waals surface area contributed by atoms with E-state index < -0.39 is 0 Å². The molecule has 0 bridgehead atoms. The van der Waals surface area contributed by atoms with Gasteiger partial charge >= 0.3 is 0 Å². The maximum atomic E-state index is 12.3. The number of rotatable bonds is 4. The van der Waals surface area contributed by atoms with E-state index in [9.17, 15) is 4.79 Å². The monoisotopic (exact) mass is 295 g/mol. The van der Waals surface area contributed by atoms with Crippen molar-refractivity contribution >= 4 is 23.3 Å². The number of anilines is 1. The first kappa shape index (κ1) is 15.1. The van der Waals surface area contributed by atoms with Gasteiger partial charge in [0.25, 0.3) is 5.91 Å². The molecule has 0 aliphatic heterocycles. The molecule has 2 N–H and O–H groups in total. The first-order valence-electron chi connectivity index (χ1n) is 7.28. The number of carbonyl (C=O) groups is 1. The van der Waals surface area contributed by atoms with Crippen LogP contribution in [0.4, 0.5) is 5.82 Å². The zero-order chi connectivity index (χ0) is 14.5. The highest BCUT2D eigenvalue weighted by Crippen LogP contribution is 2.26. The van der Waals surface area contributed by atoms with E-state index in [1.807, 2.05) is 0 Å². The second kappa shape index (κ2) is 6.93. The van der Waals surface area contributed by atoms with E-state index in [2.05, 4.69) is 22.5 Å². The molecular formula is C15H22ClN3O. The van der Waals surface area contributed by atoms with Crippen LogP contribution in [0.15, 0.2) is 12.1 Å². The quantitative estimate of drug-likeness (QED) is 0.836. The second-order valence-electron chi connectivity index (χ2n) is 5.41. The van der Waals surface area contributed by atoms with Crippen molar-refractivity contribution in [3.63, 3.8) is 0 Å². The predicted molar refractivity (Wildman–Crippen MR) is 82.3 cm³/mol. The normalized spacial score (nSPS) is 22.4. The van der Waals surface area contributed by atoms with Crippen molar-refractivity contribution in [2.45, 2.75) is 45.1 Å². The molecule has 0 atom stereocenters. The summed E-state index contributed by atoms with van der Waals surface area (Å²) in [7, 11) is 1.76. The van der Waals surface area contributed by atoms with E-state index in [4.69, 9.17) is 11.6 Å². The summed E-state index contributed by atoms with van der Waals surface area (Å²) < 4.78 is 0. The van der Waals surface area contributed by atoms with E-state index in [0.29, 0.717) is 16.5 Å². The lowest BCUT2D eigenvalue weighted by atomic mass is 9.84. The molecule has 0 saturated heterocycles. The summed E-state index contributed by atoms with van der Waals surface area (Å²) in [5, 5.41) is 6.34. The van der Waals surface area contributed by atoms with Crippen molar-refractivity contribution in [3.8, 4) is 0 Å². The van der Waals surface area contributed by atoms with Gasteiger partial charge in [0.05, 0.1) is 0 Å². The summed E-state index contributed by atoms with van der Waals surface area (Å²) >= 11 is 5.92. The van der Waals surface area contributed by atoms with Crippen LogP contribution in [0.2, 0.25) is 5.15 Å². The van der Waals surface area contributed by atoms with Gasteiger partial charge in [-0.1, -0.05) is 24.9 Å². The number of nitrogens with one attached hydrogen (secondary N) is 2. The highest BCUT2D eigenvalue weighted by Gasteiger charge is 2.22. The predicted octanol–water partition coefficient (Wildman–Crippen LogP) is 3.48. The van der Waals surface area contributed by atoms with E-state index in [0.717, 1.165) is 18.8 Å². The van der Waals surface area contributed by atoms with Crippen molar-refractivity contribution in [1.82, 2.24) is 10.3 Å². The smallest absolute Gasteiger partial charge is 0.251 e. The fourth-order valence-corrected chi connectivity index (χ4v) is 2.95. The van der Waals surface area contributed by atoms with Gasteiger partial charge in [-0.15, -0.1) is 0 Å². The standard InChI is InChI=1S/C15H22ClN3O/c1-3-10-4-6-12(7-5-10)18-15(20)11-8-13(16)19-14(9-11)17-2/h8-10,12H,3-7H2,1-2H3,(H,17,19)(H,18,20). The topological polar surface area (TPSA) is 54.0 Å². The number of hydrogen-bond donors (Lipinski definition) is 2. The average Bonchev–Trinajstić information content (AvgIpc) is 2.47. The Labute approximate surface area is 125 Å². The maximum absolute atomic E-state index is 12.3. The lowest BCUT2D eigenvalue weighted by Crippen LogP contribution is -2.37. The van der Waals surface area contributed by atoms with Gasteiger partial charge in [-0.3, -0.25) is 4.79 Å². The molecule has 2 rings (SSSR count). The Morgan fingerprint density at radius 2 is 2.05 bits per heavy atom. The number of aromatic nitrogens is 1. The van der Waals surface area contributed by atoms with Gasteiger partial charge in [-0.2, -0.15) is 0 Å². The SMILES string of the molecule is CCC1CCC(NC(=O)c2cc(Cl)nc(NC)c2)CC1. The Balaban J connectivity index is 1.97. The van der Waals surface area contributed by atoms with Crippen molar-refractivity contribution < 1.29 is 4.79 Å². The summed E-state index contributed by atoms with van der Waals surface area (Å²) in [4.78, 5) is 16.3. The fraction of sp³-hybridized carbons (Fsp3) is 0.600. The van der Waals surface area contributed by atoms with Gasteiger partial charge in [0.1, 0.15) is 11.0 Å². The highest BCUT2D eigenvalue weighted by atomic mass is 35.5. The summed E-state index contributed by atoms with van der Waals surface area (Å²) in [6.07, 6.45) is 5.80. The third-order valence-electron chi connectivity index (χ3n) is 4.07. The molecule has 1 heterocycles. The molecular weight excluding hydrogens is 274 g/mol. The molecule has 1 aromatic rings. The molecule has 0 aromatic carbocycles. The van der Waals surface area contributed by atoms with Crippen LogP contribution < -0.4 is 10.6 Å². The van der Waals surface area contributed by atoms with Crippen molar-refractivity contribution in [3.05, 3.63) is 22.8 Å². The van der Waals surface area contributed by atoms with Crippen LogP contribution >= 0.6 is 11.6 Å². The van der Waals surface area contributed by atoms with Gasteiger partial charge in [-0.25, -0.2) is 4.98 Å². The Morgan fingerprint density at radius 1 is 1.35 bits per heavy atom. The van der Waals surface area contributed by atoms with Gasteiger partial charge in [-0.05, 0) is 43.7 Å². The van der Waals surface area contributed by atoms with Gasteiger partial charge in [0, 0.05) is 18.7 Å². The number of hydrogen-bond acceptors (Lipinski definition) is 3. The van der Waals surface area contributed by atoms with Gasteiger partial charge < -0.3 is 10.6 Å². The van der Waals surface area contributed by atoms with E-state index >= 15 is 0 Å². The van der Waals surface area contributed by atoms with E-state index in [1.165, 1.54) is 19.3 Å². The van der Waals surface area contributed by atoms with Crippen LogP contribution in [-0.2, 0) is 0 Å². The summed E-state index contributed by atoms with van der Waals surface area (Å²) in [5.74, 6) is 1.37. The zero-order valence-corrected chi connectivity index (χ0v) is 12.8. The molecule has 20 heavy (non-hydrogen) atoms. The Hall–Kier alpha value is -1.29. The largest absolute Gasteiger partial charge is 0.373 e. The minimum atomic E-state index is -0.0641. The lowest BCUT2D eigenvalue weighted by molar-refractivity contribution is 0.0921. The molecule has 5 heteroatoms. The van der Waals surface area contributed by atoms with E-state index in [-0.39, 0.29) is 11.9 Å². The summed E-state index contributed by atoms with van der Waals surface area (Å²) in [6, 6.07) is 3.61. The zero-order valence-electron chi connectivity index (χ0n) is 12.1. The van der Waals surface area contributed by atoms with Crippen molar-refractivity contribution in [1.29, 1.82) is 0 Å². The number of amides is 1. The second-order valence-corrected chi connectivity index (χ2v) is 5.80. The number of nitrogens with zero attached hydrogens (tertiary/aromatic N) is 1. The first-order chi connectivity index (χ1) is 9.62. The maximum Gasteiger partial charge on any atom is 0.251 e. The molecule has 0 unspecified atom stereocenters. The Kier molecular flexibility index (Phi) is 5.24. The van der Waals surface area contributed by atoms with Gasteiger partial charge in [0.15, 0.2) is 0 Å². The van der Waals surface area contributed by atoms with Crippen LogP contribution in [0.1, 0.15) is 49.4 Å². The average molecular weight is 296 g/mol. The first-order valence-corrected chi connectivity index (χ1v) is 7.66. The van der Waals surface area contributed by atoms with Crippen LogP contribution in [-0.4, -0.2) is 24.0 Å². The molecule has 1 saturated carbocycles. The van der Waals surface area contributed by atoms with Gasteiger partial charge in [0.2, 0.25) is 0 Å². The molecule has 1 fully saturated rings. The Bertz CT molecular complexity index is 470. The number of halogens is 1. The van der Waals surface area contributed by atoms with Crippen molar-refractivity contribution in [2.75, 3.05) is 12.4 Å². The molecule has 110 valence electrons. The third-order valence-corrected chi connectivity index (χ3v) is 4.27. The molecule has 1 aromatic heterocycles. The Morgan fingerprint density at radius 3 is 2.65 bits per heavy atom. The minimum Gasteiger partial charge on any atom is -0.373 e. The number of carbonyl (C=O) groups excluding carboxylic acids is 1. The molecule has 0 spiro atoms. The van der Waals surface area contributed by atoms with Crippen LogP contribution in [0, 0.1) is 5.92 Å². The molecule has 0 radical (unpaired) electrons. The summed E-state index contributed by atoms with van der Waals surface area (Å²) in [6.45, 7) is 2.24. The summed E-state index contributed by atoms with van der Waals surface area (Å²) in [5.41, 5.74) is 0.562. The van der Waals surface area contributed by atoms with E-state index in [1.54, 1.807) is 19.2 Å². The van der Waals surface area contributed by atoms with Crippen molar-refractivity contribution in [2.24, 2.45) is 5.92 Å². The minimum absolute atomic E-state index is 0.0641. The highest BCUT2D eigenvalue weighted by molar-refractivity contribution is 6.29. The molecule has 1 aliphatic carbocycles. The third kappa shape index (κ3) is 3.85. The van der Waals surface area contributed by atoms with Crippen LogP contribution in [0.3, 0.4) is 0 Å².